The maximum Gasteiger partial charge on any atom is 0.237 e. The lowest BCUT2D eigenvalue weighted by molar-refractivity contribution is -0.115. The summed E-state index contributed by atoms with van der Waals surface area (Å²) in [5, 5.41) is 9.20. The van der Waals surface area contributed by atoms with E-state index in [0.717, 1.165) is 51.3 Å². The molecule has 202 valence electrons. The molecule has 0 saturated heterocycles. The van der Waals surface area contributed by atoms with Gasteiger partial charge in [0.25, 0.3) is 0 Å². The van der Waals surface area contributed by atoms with Gasteiger partial charge in [-0.1, -0.05) is 62.0 Å². The van der Waals surface area contributed by atoms with Crippen LogP contribution in [0.4, 0.5) is 5.69 Å². The third kappa shape index (κ3) is 5.04. The number of anilines is 1. The third-order valence-electron chi connectivity index (χ3n) is 7.14. The number of imidazole rings is 1. The molecule has 0 bridgehead atoms. The van der Waals surface area contributed by atoms with Crippen LogP contribution in [-0.4, -0.2) is 40.3 Å². The number of nitrogens with zero attached hydrogens (tertiary/aromatic N) is 6. The van der Waals surface area contributed by atoms with Crippen LogP contribution in [0.15, 0.2) is 78.0 Å². The highest BCUT2D eigenvalue weighted by atomic mass is 32.2. The summed E-state index contributed by atoms with van der Waals surface area (Å²) in [7, 11) is 0. The number of benzene rings is 3. The van der Waals surface area contributed by atoms with E-state index in [9.17, 15) is 4.79 Å². The number of fused-ring (bicyclic) bond motifs is 4. The Morgan fingerprint density at radius 1 is 0.925 bits per heavy atom. The molecule has 0 aliphatic heterocycles. The molecule has 0 spiro atoms. The van der Waals surface area contributed by atoms with Gasteiger partial charge >= 0.3 is 0 Å². The van der Waals surface area contributed by atoms with Gasteiger partial charge in [-0.3, -0.25) is 4.79 Å². The number of amides is 1. The van der Waals surface area contributed by atoms with Crippen LogP contribution in [0.5, 0.6) is 0 Å². The minimum absolute atomic E-state index is 0.0531. The van der Waals surface area contributed by atoms with E-state index in [1.807, 2.05) is 80.6 Å². The molecule has 40 heavy (non-hydrogen) atoms. The van der Waals surface area contributed by atoms with Crippen molar-refractivity contribution in [2.45, 2.75) is 57.0 Å². The normalized spacial score (nSPS) is 12.4. The first-order chi connectivity index (χ1) is 19.5. The number of carbonyl (C=O) groups excluding carboxylic acids is 1. The second kappa shape index (κ2) is 11.1. The van der Waals surface area contributed by atoms with E-state index in [0.29, 0.717) is 24.5 Å². The second-order valence-electron chi connectivity index (χ2n) is 9.78. The Labute approximate surface area is 236 Å². The van der Waals surface area contributed by atoms with Crippen molar-refractivity contribution in [3.8, 4) is 0 Å². The van der Waals surface area contributed by atoms with Gasteiger partial charge in [-0.25, -0.2) is 15.0 Å². The molecular formula is C31H31N7OS. The van der Waals surface area contributed by atoms with Gasteiger partial charge in [0.15, 0.2) is 16.6 Å². The summed E-state index contributed by atoms with van der Waals surface area (Å²) in [6.45, 7) is 6.87. The minimum Gasteiger partial charge on any atom is -0.328 e. The first-order valence-electron chi connectivity index (χ1n) is 13.7. The summed E-state index contributed by atoms with van der Waals surface area (Å²) in [4.78, 5) is 27.8. The SMILES string of the molecule is CCc1ccc(NC(=O)[C@@H](CC)Sc2nc3ccccc3c3nc(CCn4c(C)nc5ccccc54)nn23)cc1. The van der Waals surface area contributed by atoms with Crippen LogP contribution in [0.1, 0.15) is 37.5 Å². The van der Waals surface area contributed by atoms with E-state index in [1.54, 1.807) is 4.52 Å². The molecule has 1 N–H and O–H groups in total. The largest absolute Gasteiger partial charge is 0.328 e. The molecule has 1 atom stereocenters. The Morgan fingerprint density at radius 3 is 2.45 bits per heavy atom. The number of aromatic nitrogens is 6. The van der Waals surface area contributed by atoms with Crippen LogP contribution in [0.3, 0.4) is 0 Å². The van der Waals surface area contributed by atoms with Crippen molar-refractivity contribution in [1.82, 2.24) is 29.1 Å². The Bertz CT molecular complexity index is 1820. The van der Waals surface area contributed by atoms with Gasteiger partial charge in [0.1, 0.15) is 5.82 Å². The summed E-state index contributed by atoms with van der Waals surface area (Å²) < 4.78 is 4.00. The number of hydrogen-bond acceptors (Lipinski definition) is 6. The zero-order valence-corrected chi connectivity index (χ0v) is 23.7. The zero-order valence-electron chi connectivity index (χ0n) is 22.8. The Morgan fingerprint density at radius 2 is 1.68 bits per heavy atom. The molecule has 0 aliphatic rings. The van der Waals surface area contributed by atoms with E-state index in [-0.39, 0.29) is 11.2 Å². The topological polar surface area (TPSA) is 90.0 Å². The molecule has 8 nitrogen and oxygen atoms in total. The van der Waals surface area contributed by atoms with Gasteiger partial charge in [0.2, 0.25) is 5.91 Å². The number of hydrogen-bond donors (Lipinski definition) is 1. The van der Waals surface area contributed by atoms with Crippen LogP contribution >= 0.6 is 11.8 Å². The van der Waals surface area contributed by atoms with E-state index in [2.05, 4.69) is 27.9 Å². The zero-order chi connectivity index (χ0) is 27.6. The van der Waals surface area contributed by atoms with Crippen LogP contribution in [-0.2, 0) is 24.2 Å². The van der Waals surface area contributed by atoms with Gasteiger partial charge in [0, 0.05) is 24.0 Å². The Hall–Kier alpha value is -4.24. The van der Waals surface area contributed by atoms with E-state index in [1.165, 1.54) is 17.3 Å². The molecule has 9 heteroatoms. The van der Waals surface area contributed by atoms with Gasteiger partial charge in [-0.2, -0.15) is 4.52 Å². The average Bonchev–Trinajstić information content (AvgIpc) is 3.55. The summed E-state index contributed by atoms with van der Waals surface area (Å²) in [5.74, 6) is 1.64. The number of nitrogens with one attached hydrogen (secondary N) is 1. The monoisotopic (exact) mass is 549 g/mol. The quantitative estimate of drug-likeness (QED) is 0.169. The van der Waals surface area contributed by atoms with Gasteiger partial charge < -0.3 is 9.88 Å². The number of para-hydroxylation sites is 3. The summed E-state index contributed by atoms with van der Waals surface area (Å²) in [6.07, 6.45) is 2.25. The van der Waals surface area contributed by atoms with Crippen LogP contribution in [0.2, 0.25) is 0 Å². The standard InChI is InChI=1S/C31H31N7OS/c1-4-21-14-16-22(17-15-21)33-30(39)27(5-2)40-31-34-24-11-7-6-10-23(24)29-35-28(36-38(29)31)18-19-37-20(3)32-25-12-8-9-13-26(25)37/h6-17,27H,4-5,18-19H2,1-3H3,(H,33,39)/t27-/m1/s1. The highest BCUT2D eigenvalue weighted by molar-refractivity contribution is 8.00. The van der Waals surface area contributed by atoms with Crippen LogP contribution in [0, 0.1) is 6.92 Å². The van der Waals surface area contributed by atoms with Crippen molar-refractivity contribution in [3.05, 3.63) is 90.0 Å². The fourth-order valence-electron chi connectivity index (χ4n) is 4.94. The maximum absolute atomic E-state index is 13.3. The predicted molar refractivity (Wildman–Crippen MR) is 161 cm³/mol. The highest BCUT2D eigenvalue weighted by Crippen LogP contribution is 2.29. The summed E-state index contributed by atoms with van der Waals surface area (Å²) in [5.41, 5.74) is 5.71. The number of rotatable bonds is 9. The van der Waals surface area contributed by atoms with Crippen molar-refractivity contribution >= 4 is 50.9 Å². The van der Waals surface area contributed by atoms with Gasteiger partial charge in [-0.05, 0) is 61.7 Å². The first kappa shape index (κ1) is 26.0. The molecule has 0 saturated carbocycles. The predicted octanol–water partition coefficient (Wildman–Crippen LogP) is 6.25. The van der Waals surface area contributed by atoms with E-state index < -0.39 is 0 Å². The molecule has 0 aliphatic carbocycles. The van der Waals surface area contributed by atoms with Gasteiger partial charge in [-0.15, -0.1) is 5.10 Å². The third-order valence-corrected chi connectivity index (χ3v) is 8.45. The lowest BCUT2D eigenvalue weighted by Gasteiger charge is -2.15. The van der Waals surface area contributed by atoms with E-state index in [4.69, 9.17) is 15.1 Å². The smallest absolute Gasteiger partial charge is 0.237 e. The maximum atomic E-state index is 13.3. The van der Waals surface area contributed by atoms with Crippen molar-refractivity contribution in [1.29, 1.82) is 0 Å². The molecule has 6 aromatic rings. The molecular weight excluding hydrogens is 518 g/mol. The lowest BCUT2D eigenvalue weighted by atomic mass is 10.1. The molecule has 3 heterocycles. The van der Waals surface area contributed by atoms with Crippen molar-refractivity contribution in [2.24, 2.45) is 0 Å². The van der Waals surface area contributed by atoms with Crippen molar-refractivity contribution < 1.29 is 4.79 Å². The minimum atomic E-state index is -0.338. The van der Waals surface area contributed by atoms with Crippen LogP contribution in [0.25, 0.3) is 27.6 Å². The molecule has 6 rings (SSSR count). The molecule has 3 aromatic heterocycles. The molecule has 0 unspecified atom stereocenters. The number of aryl methyl sites for hydroxylation is 4. The van der Waals surface area contributed by atoms with E-state index >= 15 is 0 Å². The lowest BCUT2D eigenvalue weighted by Crippen LogP contribution is -2.25. The second-order valence-corrected chi connectivity index (χ2v) is 10.9. The number of thioether (sulfide) groups is 1. The summed E-state index contributed by atoms with van der Waals surface area (Å²) >= 11 is 1.42. The van der Waals surface area contributed by atoms with Crippen molar-refractivity contribution in [3.63, 3.8) is 0 Å². The fraction of sp³-hybridized carbons (Fsp3) is 0.258. The Balaban J connectivity index is 1.29. The summed E-state index contributed by atoms with van der Waals surface area (Å²) in [6, 6.07) is 24.1. The Kier molecular flexibility index (Phi) is 7.21. The molecule has 0 fully saturated rings. The molecule has 3 aromatic carbocycles. The van der Waals surface area contributed by atoms with Crippen molar-refractivity contribution in [2.75, 3.05) is 5.32 Å². The van der Waals surface area contributed by atoms with Crippen LogP contribution < -0.4 is 5.32 Å². The molecule has 0 radical (unpaired) electrons. The number of carbonyl (C=O) groups is 1. The first-order valence-corrected chi connectivity index (χ1v) is 14.5. The fourth-order valence-corrected chi connectivity index (χ4v) is 5.91. The van der Waals surface area contributed by atoms with Gasteiger partial charge in [0.05, 0.1) is 21.8 Å². The highest BCUT2D eigenvalue weighted by Gasteiger charge is 2.23. The molecule has 1 amide bonds. The average molecular weight is 550 g/mol.